The number of para-hydroxylation sites is 1. The zero-order valence-corrected chi connectivity index (χ0v) is 12.1. The summed E-state index contributed by atoms with van der Waals surface area (Å²) in [6.45, 7) is 7.12. The van der Waals surface area contributed by atoms with Gasteiger partial charge >= 0.3 is 0 Å². The Labute approximate surface area is 117 Å². The van der Waals surface area contributed by atoms with Crippen molar-refractivity contribution in [3.8, 4) is 0 Å². The molecule has 1 N–H and O–H groups in total. The lowest BCUT2D eigenvalue weighted by atomic mass is 10.2. The van der Waals surface area contributed by atoms with E-state index >= 15 is 0 Å². The summed E-state index contributed by atoms with van der Waals surface area (Å²) in [7, 11) is 0. The Morgan fingerprint density at radius 2 is 1.68 bits per heavy atom. The first kappa shape index (κ1) is 13.0. The summed E-state index contributed by atoms with van der Waals surface area (Å²) in [5, 5.41) is 3.59. The van der Waals surface area contributed by atoms with Gasteiger partial charge < -0.3 is 10.2 Å². The largest absolute Gasteiger partial charge is 0.384 e. The molecular weight excluding hydrogens is 232 g/mol. The third-order valence-electron chi connectivity index (χ3n) is 4.32. The number of aryl methyl sites for hydroxylation is 1. The van der Waals surface area contributed by atoms with Gasteiger partial charge in [-0.2, -0.15) is 0 Å². The van der Waals surface area contributed by atoms with Crippen molar-refractivity contribution in [3.05, 3.63) is 29.8 Å². The van der Waals surface area contributed by atoms with Crippen molar-refractivity contribution in [2.24, 2.45) is 11.8 Å². The summed E-state index contributed by atoms with van der Waals surface area (Å²) in [6.07, 6.45) is 5.86. The molecule has 0 amide bonds. The third kappa shape index (κ3) is 4.24. The van der Waals surface area contributed by atoms with Gasteiger partial charge in [0.25, 0.3) is 0 Å². The molecule has 1 aromatic rings. The standard InChI is InChI=1S/C17H26N2/c1-14-4-2-3-5-17(14)18-10-11-19(12-15-6-7-15)13-16-8-9-16/h2-5,15-16,18H,6-13H2,1H3. The number of nitrogens with zero attached hydrogens (tertiary/aromatic N) is 1. The average Bonchev–Trinajstić information content (AvgIpc) is 3.27. The number of nitrogens with one attached hydrogen (secondary N) is 1. The SMILES string of the molecule is Cc1ccccc1NCCN(CC1CC1)CC1CC1. The van der Waals surface area contributed by atoms with Crippen molar-refractivity contribution in [1.82, 2.24) is 4.90 Å². The van der Waals surface area contributed by atoms with E-state index in [0.29, 0.717) is 0 Å². The molecule has 2 heteroatoms. The molecule has 1 aromatic carbocycles. The van der Waals surface area contributed by atoms with Crippen molar-refractivity contribution in [2.45, 2.75) is 32.6 Å². The molecule has 2 nitrogen and oxygen atoms in total. The fraction of sp³-hybridized carbons (Fsp3) is 0.647. The van der Waals surface area contributed by atoms with E-state index in [4.69, 9.17) is 0 Å². The van der Waals surface area contributed by atoms with Gasteiger partial charge in [0, 0.05) is 31.9 Å². The van der Waals surface area contributed by atoms with Crippen LogP contribution in [0, 0.1) is 18.8 Å². The van der Waals surface area contributed by atoms with Crippen molar-refractivity contribution >= 4 is 5.69 Å². The van der Waals surface area contributed by atoms with Gasteiger partial charge in [-0.15, -0.1) is 0 Å². The second-order valence-corrected chi connectivity index (χ2v) is 6.39. The third-order valence-corrected chi connectivity index (χ3v) is 4.32. The number of rotatable bonds is 8. The van der Waals surface area contributed by atoms with Crippen LogP contribution in [0.1, 0.15) is 31.2 Å². The van der Waals surface area contributed by atoms with E-state index in [2.05, 4.69) is 41.4 Å². The fourth-order valence-corrected chi connectivity index (χ4v) is 2.71. The zero-order chi connectivity index (χ0) is 13.1. The molecule has 104 valence electrons. The minimum Gasteiger partial charge on any atom is -0.384 e. The van der Waals surface area contributed by atoms with Crippen LogP contribution in [0.3, 0.4) is 0 Å². The van der Waals surface area contributed by atoms with Crippen LogP contribution < -0.4 is 5.32 Å². The van der Waals surface area contributed by atoms with Crippen molar-refractivity contribution < 1.29 is 0 Å². The lowest BCUT2D eigenvalue weighted by Gasteiger charge is -2.22. The molecule has 2 saturated carbocycles. The maximum Gasteiger partial charge on any atom is 0.0370 e. The molecule has 0 unspecified atom stereocenters. The first-order chi connectivity index (χ1) is 9.31. The summed E-state index contributed by atoms with van der Waals surface area (Å²) in [4.78, 5) is 2.70. The fourth-order valence-electron chi connectivity index (χ4n) is 2.71. The highest BCUT2D eigenvalue weighted by molar-refractivity contribution is 5.50. The summed E-state index contributed by atoms with van der Waals surface area (Å²) >= 11 is 0. The molecular formula is C17H26N2. The molecule has 3 rings (SSSR count). The monoisotopic (exact) mass is 258 g/mol. The minimum absolute atomic E-state index is 1.01. The van der Waals surface area contributed by atoms with Crippen molar-refractivity contribution in [3.63, 3.8) is 0 Å². The van der Waals surface area contributed by atoms with E-state index in [9.17, 15) is 0 Å². The minimum atomic E-state index is 1.01. The Hall–Kier alpha value is -1.02. The maximum atomic E-state index is 3.59. The van der Waals surface area contributed by atoms with Crippen LogP contribution in [-0.4, -0.2) is 31.1 Å². The molecule has 0 aliphatic heterocycles. The summed E-state index contributed by atoms with van der Waals surface area (Å²) in [6, 6.07) is 8.57. The molecule has 2 fully saturated rings. The van der Waals surface area contributed by atoms with Crippen LogP contribution in [0.5, 0.6) is 0 Å². The van der Waals surface area contributed by atoms with Crippen LogP contribution >= 0.6 is 0 Å². The van der Waals surface area contributed by atoms with Crippen molar-refractivity contribution in [1.29, 1.82) is 0 Å². The predicted octanol–water partition coefficient (Wildman–Crippen LogP) is 3.53. The highest BCUT2D eigenvalue weighted by Gasteiger charge is 2.28. The number of hydrogen-bond donors (Lipinski definition) is 1. The van der Waals surface area contributed by atoms with Gasteiger partial charge in [0.2, 0.25) is 0 Å². The number of benzene rings is 1. The summed E-state index contributed by atoms with van der Waals surface area (Å²) < 4.78 is 0. The van der Waals surface area contributed by atoms with Gasteiger partial charge in [-0.3, -0.25) is 0 Å². The quantitative estimate of drug-likeness (QED) is 0.767. The highest BCUT2D eigenvalue weighted by Crippen LogP contribution is 2.33. The summed E-state index contributed by atoms with van der Waals surface area (Å²) in [5.41, 5.74) is 2.64. The van der Waals surface area contributed by atoms with Crippen LogP contribution in [0.2, 0.25) is 0 Å². The molecule has 0 radical (unpaired) electrons. The molecule has 2 aliphatic carbocycles. The van der Waals surface area contributed by atoms with Gasteiger partial charge in [-0.05, 0) is 56.1 Å². The molecule has 0 spiro atoms. The second kappa shape index (κ2) is 5.96. The molecule has 19 heavy (non-hydrogen) atoms. The lowest BCUT2D eigenvalue weighted by molar-refractivity contribution is 0.262. The normalized spacial score (nSPS) is 18.8. The molecule has 0 atom stereocenters. The molecule has 0 heterocycles. The number of anilines is 1. The van der Waals surface area contributed by atoms with Crippen LogP contribution in [0.4, 0.5) is 5.69 Å². The Bertz CT molecular complexity index is 393. The van der Waals surface area contributed by atoms with E-state index in [-0.39, 0.29) is 0 Å². The first-order valence-corrected chi connectivity index (χ1v) is 7.83. The van der Waals surface area contributed by atoms with Crippen molar-refractivity contribution in [2.75, 3.05) is 31.5 Å². The topological polar surface area (TPSA) is 15.3 Å². The van der Waals surface area contributed by atoms with Crippen LogP contribution in [-0.2, 0) is 0 Å². The van der Waals surface area contributed by atoms with E-state index < -0.39 is 0 Å². The molecule has 0 aromatic heterocycles. The van der Waals surface area contributed by atoms with E-state index in [1.165, 1.54) is 56.6 Å². The lowest BCUT2D eigenvalue weighted by Crippen LogP contribution is -2.32. The van der Waals surface area contributed by atoms with E-state index in [1.54, 1.807) is 0 Å². The van der Waals surface area contributed by atoms with E-state index in [1.807, 2.05) is 0 Å². The Morgan fingerprint density at radius 3 is 2.26 bits per heavy atom. The Morgan fingerprint density at radius 1 is 1.05 bits per heavy atom. The van der Waals surface area contributed by atoms with Crippen LogP contribution in [0.15, 0.2) is 24.3 Å². The highest BCUT2D eigenvalue weighted by atomic mass is 15.1. The number of hydrogen-bond acceptors (Lipinski definition) is 2. The van der Waals surface area contributed by atoms with Gasteiger partial charge in [0.05, 0.1) is 0 Å². The second-order valence-electron chi connectivity index (χ2n) is 6.39. The molecule has 0 bridgehead atoms. The summed E-state index contributed by atoms with van der Waals surface area (Å²) in [5.74, 6) is 2.02. The zero-order valence-electron chi connectivity index (χ0n) is 12.1. The van der Waals surface area contributed by atoms with Gasteiger partial charge in [-0.1, -0.05) is 18.2 Å². The van der Waals surface area contributed by atoms with Gasteiger partial charge in [0.15, 0.2) is 0 Å². The maximum absolute atomic E-state index is 3.59. The van der Waals surface area contributed by atoms with E-state index in [0.717, 1.165) is 18.4 Å². The Kier molecular flexibility index (Phi) is 4.07. The van der Waals surface area contributed by atoms with Gasteiger partial charge in [0.1, 0.15) is 0 Å². The average molecular weight is 258 g/mol. The predicted molar refractivity (Wildman–Crippen MR) is 81.6 cm³/mol. The smallest absolute Gasteiger partial charge is 0.0370 e. The molecule has 2 aliphatic rings. The van der Waals surface area contributed by atoms with Crippen LogP contribution in [0.25, 0.3) is 0 Å². The molecule has 0 saturated heterocycles. The first-order valence-electron chi connectivity index (χ1n) is 7.83. The Balaban J connectivity index is 1.44. The van der Waals surface area contributed by atoms with Gasteiger partial charge in [-0.25, -0.2) is 0 Å².